The Morgan fingerprint density at radius 2 is 1.67 bits per heavy atom. The minimum Gasteiger partial charge on any atom is -0.378 e. The Morgan fingerprint density at radius 1 is 1.08 bits per heavy atom. The van der Waals surface area contributed by atoms with Crippen LogP contribution in [0.25, 0.3) is 0 Å². The molecule has 128 valence electrons. The Hall–Kier alpha value is -1.88. The third-order valence-corrected chi connectivity index (χ3v) is 4.00. The number of ether oxygens (including phenoxy) is 1. The Kier molecular flexibility index (Phi) is 7.25. The Bertz CT molecular complexity index is 576. The van der Waals surface area contributed by atoms with Gasteiger partial charge in [0.2, 0.25) is 5.91 Å². The first kappa shape index (κ1) is 18.5. The van der Waals surface area contributed by atoms with Crippen molar-refractivity contribution in [1.82, 2.24) is 10.6 Å². The smallest absolute Gasteiger partial charge is 0.222 e. The molecule has 4 nitrogen and oxygen atoms in total. The molecule has 1 saturated heterocycles. The fraction of sp³-hybridized carbons (Fsp3) is 0.316. The van der Waals surface area contributed by atoms with Gasteiger partial charge >= 0.3 is 0 Å². The average molecular weight is 347 g/mol. The van der Waals surface area contributed by atoms with Crippen molar-refractivity contribution in [3.63, 3.8) is 0 Å². The lowest BCUT2D eigenvalue weighted by Gasteiger charge is -2.25. The minimum absolute atomic E-state index is 0. The van der Waals surface area contributed by atoms with Crippen molar-refractivity contribution >= 4 is 18.3 Å². The lowest BCUT2D eigenvalue weighted by molar-refractivity contribution is -0.122. The van der Waals surface area contributed by atoms with E-state index in [4.69, 9.17) is 4.74 Å². The van der Waals surface area contributed by atoms with E-state index in [2.05, 4.69) is 10.6 Å². The molecule has 2 aromatic rings. The summed E-state index contributed by atoms with van der Waals surface area (Å²) in [7, 11) is 0. The second-order valence-corrected chi connectivity index (χ2v) is 5.75. The fourth-order valence-corrected chi connectivity index (χ4v) is 2.84. The van der Waals surface area contributed by atoms with Crippen LogP contribution in [0, 0.1) is 0 Å². The average Bonchev–Trinajstić information content (AvgIpc) is 2.62. The van der Waals surface area contributed by atoms with E-state index in [9.17, 15) is 4.79 Å². The van der Waals surface area contributed by atoms with E-state index in [1.807, 2.05) is 60.7 Å². The topological polar surface area (TPSA) is 50.4 Å². The summed E-state index contributed by atoms with van der Waals surface area (Å²) in [5.41, 5.74) is 2.17. The van der Waals surface area contributed by atoms with Crippen LogP contribution < -0.4 is 10.6 Å². The lowest BCUT2D eigenvalue weighted by atomic mass is 9.98. The summed E-state index contributed by atoms with van der Waals surface area (Å²) in [6.45, 7) is 2.11. The Balaban J connectivity index is 0.00000208. The Labute approximate surface area is 149 Å². The van der Waals surface area contributed by atoms with Crippen molar-refractivity contribution in [2.45, 2.75) is 18.5 Å². The normalized spacial score (nSPS) is 17.1. The molecule has 0 spiro atoms. The molecule has 0 saturated carbocycles. The summed E-state index contributed by atoms with van der Waals surface area (Å²) in [5, 5.41) is 6.48. The van der Waals surface area contributed by atoms with Gasteiger partial charge in [0.05, 0.1) is 19.3 Å². The predicted octanol–water partition coefficient (Wildman–Crippen LogP) is 2.69. The highest BCUT2D eigenvalue weighted by Crippen LogP contribution is 2.22. The molecular weight excluding hydrogens is 324 g/mol. The van der Waals surface area contributed by atoms with Crippen LogP contribution in [0.5, 0.6) is 0 Å². The third-order valence-electron chi connectivity index (χ3n) is 4.00. The van der Waals surface area contributed by atoms with Crippen molar-refractivity contribution in [3.05, 3.63) is 71.8 Å². The second kappa shape index (κ2) is 9.42. The summed E-state index contributed by atoms with van der Waals surface area (Å²) >= 11 is 0. The van der Waals surface area contributed by atoms with Crippen LogP contribution in [-0.4, -0.2) is 31.7 Å². The molecule has 1 aliphatic rings. The first-order chi connectivity index (χ1) is 11.3. The van der Waals surface area contributed by atoms with Gasteiger partial charge in [0.25, 0.3) is 0 Å². The molecule has 1 atom stereocenters. The van der Waals surface area contributed by atoms with Crippen LogP contribution in [0.1, 0.15) is 23.6 Å². The summed E-state index contributed by atoms with van der Waals surface area (Å²) in [6.07, 6.45) is 0.427. The van der Waals surface area contributed by atoms with Gasteiger partial charge in [-0.1, -0.05) is 60.7 Å². The standard InChI is InChI=1S/C19H22N2O2.ClH/c22-18(13-17-14-23-12-11-20-17)21-19(15-7-3-1-4-8-15)16-9-5-2-6-10-16;/h1-10,17,19-20H,11-14H2,(H,21,22);1H. The van der Waals surface area contributed by atoms with E-state index >= 15 is 0 Å². The molecule has 0 aromatic heterocycles. The predicted molar refractivity (Wildman–Crippen MR) is 97.3 cm³/mol. The molecule has 24 heavy (non-hydrogen) atoms. The number of rotatable bonds is 5. The quantitative estimate of drug-likeness (QED) is 0.875. The number of benzene rings is 2. The monoisotopic (exact) mass is 346 g/mol. The highest BCUT2D eigenvalue weighted by molar-refractivity contribution is 5.85. The van der Waals surface area contributed by atoms with Crippen molar-refractivity contribution in [1.29, 1.82) is 0 Å². The molecule has 2 N–H and O–H groups in total. The molecule has 0 radical (unpaired) electrons. The van der Waals surface area contributed by atoms with E-state index in [1.54, 1.807) is 0 Å². The van der Waals surface area contributed by atoms with E-state index in [1.165, 1.54) is 0 Å². The van der Waals surface area contributed by atoms with Crippen molar-refractivity contribution in [3.8, 4) is 0 Å². The number of morpholine rings is 1. The van der Waals surface area contributed by atoms with Crippen LogP contribution >= 0.6 is 12.4 Å². The third kappa shape index (κ3) is 5.06. The summed E-state index contributed by atoms with van der Waals surface area (Å²) in [5.74, 6) is 0.0331. The van der Waals surface area contributed by atoms with Gasteiger partial charge in [-0.15, -0.1) is 12.4 Å². The molecule has 0 aliphatic carbocycles. The van der Waals surface area contributed by atoms with Gasteiger partial charge in [0.1, 0.15) is 0 Å². The molecule has 2 aromatic carbocycles. The summed E-state index contributed by atoms with van der Waals surface area (Å²) in [4.78, 5) is 12.5. The van der Waals surface area contributed by atoms with Crippen LogP contribution in [0.15, 0.2) is 60.7 Å². The molecule has 1 unspecified atom stereocenters. The van der Waals surface area contributed by atoms with E-state index in [0.717, 1.165) is 24.3 Å². The number of hydrogen-bond acceptors (Lipinski definition) is 3. The minimum atomic E-state index is -0.130. The van der Waals surface area contributed by atoms with Crippen molar-refractivity contribution in [2.24, 2.45) is 0 Å². The summed E-state index contributed by atoms with van der Waals surface area (Å²) in [6, 6.07) is 20.1. The first-order valence-electron chi connectivity index (χ1n) is 8.03. The van der Waals surface area contributed by atoms with Gasteiger partial charge in [0.15, 0.2) is 0 Å². The maximum absolute atomic E-state index is 12.5. The van der Waals surface area contributed by atoms with E-state index in [0.29, 0.717) is 13.0 Å². The molecular formula is C19H23ClN2O2. The van der Waals surface area contributed by atoms with Crippen LogP contribution in [0.2, 0.25) is 0 Å². The first-order valence-corrected chi connectivity index (χ1v) is 8.03. The van der Waals surface area contributed by atoms with Gasteiger partial charge in [0, 0.05) is 19.0 Å². The number of amides is 1. The maximum atomic E-state index is 12.5. The number of carbonyl (C=O) groups excluding carboxylic acids is 1. The largest absolute Gasteiger partial charge is 0.378 e. The van der Waals surface area contributed by atoms with Crippen LogP contribution in [-0.2, 0) is 9.53 Å². The van der Waals surface area contributed by atoms with Crippen molar-refractivity contribution in [2.75, 3.05) is 19.8 Å². The molecule has 1 amide bonds. The van der Waals surface area contributed by atoms with Crippen LogP contribution in [0.3, 0.4) is 0 Å². The molecule has 0 bridgehead atoms. The van der Waals surface area contributed by atoms with Gasteiger partial charge < -0.3 is 15.4 Å². The SMILES string of the molecule is Cl.O=C(CC1COCCN1)NC(c1ccccc1)c1ccccc1. The molecule has 1 fully saturated rings. The molecule has 5 heteroatoms. The van der Waals surface area contributed by atoms with Crippen LogP contribution in [0.4, 0.5) is 0 Å². The van der Waals surface area contributed by atoms with Gasteiger partial charge in [-0.25, -0.2) is 0 Å². The summed E-state index contributed by atoms with van der Waals surface area (Å²) < 4.78 is 5.41. The highest BCUT2D eigenvalue weighted by atomic mass is 35.5. The zero-order chi connectivity index (χ0) is 15.9. The van der Waals surface area contributed by atoms with E-state index < -0.39 is 0 Å². The highest BCUT2D eigenvalue weighted by Gasteiger charge is 2.20. The molecule has 1 aliphatic heterocycles. The maximum Gasteiger partial charge on any atom is 0.222 e. The number of nitrogens with one attached hydrogen (secondary N) is 2. The zero-order valence-corrected chi connectivity index (χ0v) is 14.3. The number of hydrogen-bond donors (Lipinski definition) is 2. The molecule has 1 heterocycles. The van der Waals surface area contributed by atoms with Gasteiger partial charge in [-0.2, -0.15) is 0 Å². The zero-order valence-electron chi connectivity index (χ0n) is 13.5. The fourth-order valence-electron chi connectivity index (χ4n) is 2.84. The molecule has 3 rings (SSSR count). The number of halogens is 1. The Morgan fingerprint density at radius 3 is 2.17 bits per heavy atom. The number of carbonyl (C=O) groups is 1. The lowest BCUT2D eigenvalue weighted by Crippen LogP contribution is -2.44. The van der Waals surface area contributed by atoms with Crippen molar-refractivity contribution < 1.29 is 9.53 Å². The van der Waals surface area contributed by atoms with Gasteiger partial charge in [-0.3, -0.25) is 4.79 Å². The van der Waals surface area contributed by atoms with Gasteiger partial charge in [-0.05, 0) is 11.1 Å². The second-order valence-electron chi connectivity index (χ2n) is 5.75. The van der Waals surface area contributed by atoms with E-state index in [-0.39, 0.29) is 30.4 Å².